The van der Waals surface area contributed by atoms with Crippen molar-refractivity contribution in [3.63, 3.8) is 0 Å². The Morgan fingerprint density at radius 1 is 1.32 bits per heavy atom. The van der Waals surface area contributed by atoms with Crippen LogP contribution in [0.15, 0.2) is 35.5 Å². The van der Waals surface area contributed by atoms with E-state index in [1.165, 1.54) is 19.2 Å². The normalized spacial score (nSPS) is 17.6. The summed E-state index contributed by atoms with van der Waals surface area (Å²) in [6, 6.07) is 5.89. The number of hydrogen-bond acceptors (Lipinski definition) is 4. The monoisotopic (exact) mass is 362 g/mol. The number of carbonyl (C=O) groups excluding carboxylic acids is 1. The van der Waals surface area contributed by atoms with Gasteiger partial charge in [-0.3, -0.25) is 0 Å². The van der Waals surface area contributed by atoms with Crippen molar-refractivity contribution in [3.8, 4) is 0 Å². The number of rotatable bonds is 5. The lowest BCUT2D eigenvalue weighted by Crippen LogP contribution is -2.48. The van der Waals surface area contributed by atoms with Gasteiger partial charge in [-0.25, -0.2) is 9.59 Å². The molecule has 1 aliphatic rings. The maximum atomic E-state index is 12.4. The SMILES string of the molecule is COC(=O)C1=C(C)N(CC(C)C)C(=S)N[C@@H]1c1ccc(C(=O)O)cc1. The second-order valence-corrected chi connectivity index (χ2v) is 6.69. The number of esters is 1. The summed E-state index contributed by atoms with van der Waals surface area (Å²) in [5, 5.41) is 12.8. The number of hydrogen-bond donors (Lipinski definition) is 2. The summed E-state index contributed by atoms with van der Waals surface area (Å²) in [7, 11) is 1.34. The third-order valence-corrected chi connectivity index (χ3v) is 4.38. The fourth-order valence-corrected chi connectivity index (χ4v) is 3.14. The van der Waals surface area contributed by atoms with Crippen molar-refractivity contribution in [1.82, 2.24) is 10.2 Å². The van der Waals surface area contributed by atoms with E-state index in [4.69, 9.17) is 22.1 Å². The molecule has 1 atom stereocenters. The second-order valence-electron chi connectivity index (χ2n) is 6.30. The topological polar surface area (TPSA) is 78.9 Å². The molecule has 0 amide bonds. The number of ether oxygens (including phenoxy) is 1. The summed E-state index contributed by atoms with van der Waals surface area (Å²) >= 11 is 5.48. The van der Waals surface area contributed by atoms with Gasteiger partial charge < -0.3 is 20.1 Å². The molecule has 0 saturated carbocycles. The first-order valence-electron chi connectivity index (χ1n) is 7.96. The highest BCUT2D eigenvalue weighted by Crippen LogP contribution is 2.31. The zero-order valence-electron chi connectivity index (χ0n) is 14.7. The molecule has 1 aliphatic heterocycles. The van der Waals surface area contributed by atoms with E-state index >= 15 is 0 Å². The van der Waals surface area contributed by atoms with E-state index in [-0.39, 0.29) is 5.56 Å². The molecular weight excluding hydrogens is 340 g/mol. The zero-order valence-corrected chi connectivity index (χ0v) is 15.5. The summed E-state index contributed by atoms with van der Waals surface area (Å²) < 4.78 is 4.96. The molecule has 0 spiro atoms. The second kappa shape index (κ2) is 7.65. The van der Waals surface area contributed by atoms with E-state index in [1.807, 2.05) is 11.8 Å². The van der Waals surface area contributed by atoms with E-state index in [0.29, 0.717) is 23.1 Å². The summed E-state index contributed by atoms with van der Waals surface area (Å²) in [4.78, 5) is 25.3. The van der Waals surface area contributed by atoms with Crippen LogP contribution in [-0.4, -0.2) is 40.7 Å². The minimum Gasteiger partial charge on any atom is -0.478 e. The lowest BCUT2D eigenvalue weighted by molar-refractivity contribution is -0.136. The fraction of sp³-hybridized carbons (Fsp3) is 0.389. The molecule has 0 fully saturated rings. The number of allylic oxidation sites excluding steroid dienone is 1. The predicted octanol–water partition coefficient (Wildman–Crippen LogP) is 2.72. The number of nitrogens with one attached hydrogen (secondary N) is 1. The van der Waals surface area contributed by atoms with Gasteiger partial charge in [-0.05, 0) is 42.8 Å². The maximum absolute atomic E-state index is 12.4. The van der Waals surface area contributed by atoms with Gasteiger partial charge in [0, 0.05) is 12.2 Å². The molecule has 0 bridgehead atoms. The van der Waals surface area contributed by atoms with Crippen LogP contribution in [0.3, 0.4) is 0 Å². The summed E-state index contributed by atoms with van der Waals surface area (Å²) in [5.41, 5.74) is 2.15. The number of methoxy groups -OCH3 is 1. The van der Waals surface area contributed by atoms with Crippen molar-refractivity contribution >= 4 is 29.3 Å². The molecular formula is C18H22N2O4S. The first kappa shape index (κ1) is 18.9. The summed E-state index contributed by atoms with van der Waals surface area (Å²) in [6.45, 7) is 6.68. The van der Waals surface area contributed by atoms with Crippen LogP contribution in [0.1, 0.15) is 42.7 Å². The molecule has 0 aromatic heterocycles. The van der Waals surface area contributed by atoms with Gasteiger partial charge >= 0.3 is 11.9 Å². The number of carbonyl (C=O) groups is 2. The zero-order chi connectivity index (χ0) is 18.7. The third kappa shape index (κ3) is 3.99. The Balaban J connectivity index is 2.49. The standard InChI is InChI=1S/C18H22N2O4S/c1-10(2)9-20-11(3)14(17(23)24-4)15(19-18(20)25)12-5-7-13(8-6-12)16(21)22/h5-8,10,15H,9H2,1-4H3,(H,19,25)(H,21,22)/t15-/m1/s1. The van der Waals surface area contributed by atoms with Crippen molar-refractivity contribution in [2.75, 3.05) is 13.7 Å². The minimum absolute atomic E-state index is 0.184. The molecule has 1 aromatic rings. The van der Waals surface area contributed by atoms with Gasteiger partial charge in [-0.1, -0.05) is 26.0 Å². The van der Waals surface area contributed by atoms with Gasteiger partial charge in [-0.2, -0.15) is 0 Å². The number of nitrogens with zero attached hydrogens (tertiary/aromatic N) is 1. The Labute approximate surface area is 152 Å². The summed E-state index contributed by atoms with van der Waals surface area (Å²) in [5.74, 6) is -1.07. The van der Waals surface area contributed by atoms with E-state index in [0.717, 1.165) is 11.3 Å². The molecule has 1 heterocycles. The quantitative estimate of drug-likeness (QED) is 0.616. The van der Waals surface area contributed by atoms with Crippen LogP contribution in [-0.2, 0) is 9.53 Å². The third-order valence-electron chi connectivity index (χ3n) is 4.04. The fourth-order valence-electron chi connectivity index (χ4n) is 2.81. The Kier molecular flexibility index (Phi) is 5.79. The van der Waals surface area contributed by atoms with Gasteiger partial charge in [0.1, 0.15) is 0 Å². The van der Waals surface area contributed by atoms with Crippen molar-refractivity contribution in [2.24, 2.45) is 5.92 Å². The predicted molar refractivity (Wildman–Crippen MR) is 98.1 cm³/mol. The van der Waals surface area contributed by atoms with Crippen molar-refractivity contribution < 1.29 is 19.4 Å². The number of benzene rings is 1. The van der Waals surface area contributed by atoms with Crippen molar-refractivity contribution in [1.29, 1.82) is 0 Å². The van der Waals surface area contributed by atoms with E-state index < -0.39 is 18.0 Å². The van der Waals surface area contributed by atoms with Crippen LogP contribution < -0.4 is 5.32 Å². The van der Waals surface area contributed by atoms with Crippen LogP contribution in [0.5, 0.6) is 0 Å². The van der Waals surface area contributed by atoms with Crippen LogP contribution >= 0.6 is 12.2 Å². The highest BCUT2D eigenvalue weighted by atomic mass is 32.1. The van der Waals surface area contributed by atoms with Crippen LogP contribution in [0.4, 0.5) is 0 Å². The van der Waals surface area contributed by atoms with Gasteiger partial charge in [-0.15, -0.1) is 0 Å². The Bertz CT molecular complexity index is 725. The lowest BCUT2D eigenvalue weighted by atomic mass is 9.94. The van der Waals surface area contributed by atoms with Crippen LogP contribution in [0.25, 0.3) is 0 Å². The molecule has 0 radical (unpaired) electrons. The molecule has 0 saturated heterocycles. The molecule has 2 rings (SSSR count). The number of carboxylic acids is 1. The number of aromatic carboxylic acids is 1. The van der Waals surface area contributed by atoms with E-state index in [9.17, 15) is 9.59 Å². The van der Waals surface area contributed by atoms with Gasteiger partial charge in [0.05, 0.1) is 24.3 Å². The highest BCUT2D eigenvalue weighted by molar-refractivity contribution is 7.80. The number of carboxylic acid groups (broad SMARTS) is 1. The highest BCUT2D eigenvalue weighted by Gasteiger charge is 2.34. The van der Waals surface area contributed by atoms with Crippen molar-refractivity contribution in [3.05, 3.63) is 46.7 Å². The largest absolute Gasteiger partial charge is 0.478 e. The average Bonchev–Trinajstić information content (AvgIpc) is 2.57. The minimum atomic E-state index is -0.998. The molecule has 7 heteroatoms. The Morgan fingerprint density at radius 3 is 2.40 bits per heavy atom. The summed E-state index contributed by atoms with van der Waals surface area (Å²) in [6.07, 6.45) is 0. The first-order chi connectivity index (χ1) is 11.8. The van der Waals surface area contributed by atoms with Crippen LogP contribution in [0.2, 0.25) is 0 Å². The van der Waals surface area contributed by atoms with Gasteiger partial charge in [0.15, 0.2) is 5.11 Å². The average molecular weight is 362 g/mol. The molecule has 0 aliphatic carbocycles. The Morgan fingerprint density at radius 2 is 1.92 bits per heavy atom. The lowest BCUT2D eigenvalue weighted by Gasteiger charge is -2.38. The Hall–Kier alpha value is -2.41. The molecule has 25 heavy (non-hydrogen) atoms. The maximum Gasteiger partial charge on any atom is 0.337 e. The molecule has 2 N–H and O–H groups in total. The molecule has 1 aromatic carbocycles. The van der Waals surface area contributed by atoms with Crippen molar-refractivity contribution in [2.45, 2.75) is 26.8 Å². The van der Waals surface area contributed by atoms with Gasteiger partial charge in [0.25, 0.3) is 0 Å². The molecule has 0 unspecified atom stereocenters. The number of thiocarbonyl (C=S) groups is 1. The molecule has 6 nitrogen and oxygen atoms in total. The first-order valence-corrected chi connectivity index (χ1v) is 8.37. The molecule has 134 valence electrons. The van der Waals surface area contributed by atoms with Gasteiger partial charge in [0.2, 0.25) is 0 Å². The smallest absolute Gasteiger partial charge is 0.337 e. The van der Waals surface area contributed by atoms with E-state index in [2.05, 4.69) is 19.2 Å². The van der Waals surface area contributed by atoms with Crippen LogP contribution in [0, 0.1) is 5.92 Å². The van der Waals surface area contributed by atoms with E-state index in [1.54, 1.807) is 12.1 Å².